The van der Waals surface area contributed by atoms with E-state index in [9.17, 15) is 5.11 Å². The van der Waals surface area contributed by atoms with Crippen molar-refractivity contribution in [2.75, 3.05) is 0 Å². The molecule has 2 nitrogen and oxygen atoms in total. The average molecular weight is 228 g/mol. The van der Waals surface area contributed by atoms with E-state index in [4.69, 9.17) is 0 Å². The van der Waals surface area contributed by atoms with Crippen LogP contribution < -0.4 is 0 Å². The Morgan fingerprint density at radius 2 is 2.42 bits per heavy atom. The Kier molecular flexibility index (Phi) is 1.73. The van der Waals surface area contributed by atoms with Crippen molar-refractivity contribution in [1.29, 1.82) is 0 Å². The van der Waals surface area contributed by atoms with E-state index in [2.05, 4.69) is 20.9 Å². The molecule has 0 spiro atoms. The van der Waals surface area contributed by atoms with Crippen molar-refractivity contribution in [3.05, 3.63) is 28.5 Å². The number of hydrogen-bond acceptors (Lipinski definition) is 2. The highest BCUT2D eigenvalue weighted by Crippen LogP contribution is 2.52. The Labute approximate surface area is 79.8 Å². The summed E-state index contributed by atoms with van der Waals surface area (Å²) in [4.78, 5) is 4.17. The maximum absolute atomic E-state index is 9.96. The Hall–Kier alpha value is -0.410. The van der Waals surface area contributed by atoms with E-state index >= 15 is 0 Å². The molecule has 12 heavy (non-hydrogen) atoms. The minimum absolute atomic E-state index is 0.337. The first-order valence-corrected chi connectivity index (χ1v) is 4.77. The number of aliphatic hydroxyl groups is 1. The standard InChI is InChI=1S/C9H10BrNO/c1-6-5-9(6,12)8-7(10)3-2-4-11-8/h2-4,6,12H,5H2,1H3. The summed E-state index contributed by atoms with van der Waals surface area (Å²) in [5.41, 5.74) is 0.109. The van der Waals surface area contributed by atoms with E-state index < -0.39 is 5.60 Å². The van der Waals surface area contributed by atoms with Crippen LogP contribution in [0.3, 0.4) is 0 Å². The molecule has 0 bridgehead atoms. The fraction of sp³-hybridized carbons (Fsp3) is 0.444. The molecule has 1 N–H and O–H groups in total. The number of hydrogen-bond donors (Lipinski definition) is 1. The zero-order valence-corrected chi connectivity index (χ0v) is 8.37. The molecule has 2 atom stereocenters. The summed E-state index contributed by atoms with van der Waals surface area (Å²) >= 11 is 3.38. The Balaban J connectivity index is 2.41. The number of nitrogens with zero attached hydrogens (tertiary/aromatic N) is 1. The molecule has 2 rings (SSSR count). The lowest BCUT2D eigenvalue weighted by Gasteiger charge is -2.09. The minimum Gasteiger partial charge on any atom is -0.383 e. The van der Waals surface area contributed by atoms with Gasteiger partial charge in [0.2, 0.25) is 0 Å². The predicted molar refractivity (Wildman–Crippen MR) is 49.6 cm³/mol. The molecule has 1 heterocycles. The lowest BCUT2D eigenvalue weighted by atomic mass is 10.2. The van der Waals surface area contributed by atoms with Gasteiger partial charge in [-0.15, -0.1) is 0 Å². The average Bonchev–Trinajstić information content (AvgIpc) is 2.61. The number of aromatic nitrogens is 1. The van der Waals surface area contributed by atoms with Crippen molar-refractivity contribution in [3.8, 4) is 0 Å². The van der Waals surface area contributed by atoms with Gasteiger partial charge in [-0.05, 0) is 40.4 Å². The van der Waals surface area contributed by atoms with Crippen molar-refractivity contribution in [2.45, 2.75) is 18.9 Å². The van der Waals surface area contributed by atoms with Crippen LogP contribution in [0.5, 0.6) is 0 Å². The smallest absolute Gasteiger partial charge is 0.111 e. The van der Waals surface area contributed by atoms with E-state index in [-0.39, 0.29) is 0 Å². The third kappa shape index (κ3) is 1.08. The maximum atomic E-state index is 9.96. The summed E-state index contributed by atoms with van der Waals surface area (Å²) in [5, 5.41) is 9.96. The molecular formula is C9H10BrNO. The van der Waals surface area contributed by atoms with E-state index in [1.165, 1.54) is 0 Å². The molecule has 64 valence electrons. The van der Waals surface area contributed by atoms with Crippen molar-refractivity contribution < 1.29 is 5.11 Å². The third-order valence-electron chi connectivity index (χ3n) is 2.44. The zero-order valence-electron chi connectivity index (χ0n) is 6.79. The molecule has 3 heteroatoms. The van der Waals surface area contributed by atoms with Crippen LogP contribution in [-0.2, 0) is 5.60 Å². The lowest BCUT2D eigenvalue weighted by molar-refractivity contribution is 0.129. The molecule has 2 unspecified atom stereocenters. The zero-order chi connectivity index (χ0) is 8.77. The molecule has 0 aromatic carbocycles. The minimum atomic E-state index is -0.667. The van der Waals surface area contributed by atoms with Crippen LogP contribution in [0.25, 0.3) is 0 Å². The van der Waals surface area contributed by atoms with Gasteiger partial charge in [0.15, 0.2) is 0 Å². The molecule has 0 saturated heterocycles. The van der Waals surface area contributed by atoms with Gasteiger partial charge in [0.05, 0.1) is 5.69 Å². The molecule has 1 aliphatic carbocycles. The van der Waals surface area contributed by atoms with Crippen molar-refractivity contribution >= 4 is 15.9 Å². The first kappa shape index (κ1) is 8.20. The quantitative estimate of drug-likeness (QED) is 0.798. The van der Waals surface area contributed by atoms with Crippen LogP contribution >= 0.6 is 15.9 Å². The summed E-state index contributed by atoms with van der Waals surface area (Å²) in [7, 11) is 0. The Morgan fingerprint density at radius 1 is 1.75 bits per heavy atom. The first-order valence-electron chi connectivity index (χ1n) is 3.98. The number of rotatable bonds is 1. The second-order valence-corrected chi connectivity index (χ2v) is 4.22. The van der Waals surface area contributed by atoms with Gasteiger partial charge in [0, 0.05) is 10.7 Å². The van der Waals surface area contributed by atoms with E-state index in [1.54, 1.807) is 6.20 Å². The molecule has 0 amide bonds. The number of pyridine rings is 1. The molecule has 1 saturated carbocycles. The fourth-order valence-corrected chi connectivity index (χ4v) is 2.04. The van der Waals surface area contributed by atoms with Crippen LogP contribution in [0.15, 0.2) is 22.8 Å². The van der Waals surface area contributed by atoms with Gasteiger partial charge in [-0.2, -0.15) is 0 Å². The maximum Gasteiger partial charge on any atom is 0.111 e. The van der Waals surface area contributed by atoms with Gasteiger partial charge in [0.1, 0.15) is 5.60 Å². The topological polar surface area (TPSA) is 33.1 Å². The summed E-state index contributed by atoms with van der Waals surface area (Å²) < 4.78 is 0.900. The Bertz CT molecular complexity index is 315. The van der Waals surface area contributed by atoms with Gasteiger partial charge in [-0.1, -0.05) is 6.92 Å². The highest BCUT2D eigenvalue weighted by molar-refractivity contribution is 9.10. The third-order valence-corrected chi connectivity index (χ3v) is 3.08. The van der Waals surface area contributed by atoms with Crippen LogP contribution in [0, 0.1) is 5.92 Å². The van der Waals surface area contributed by atoms with Crippen LogP contribution in [0.1, 0.15) is 19.0 Å². The fourth-order valence-electron chi connectivity index (χ4n) is 1.44. The second kappa shape index (κ2) is 2.54. The molecule has 0 radical (unpaired) electrons. The van der Waals surface area contributed by atoms with Crippen LogP contribution in [0.4, 0.5) is 0 Å². The SMILES string of the molecule is CC1CC1(O)c1ncccc1Br. The van der Waals surface area contributed by atoms with Crippen molar-refractivity contribution in [3.63, 3.8) is 0 Å². The number of halogens is 1. The monoisotopic (exact) mass is 227 g/mol. The molecule has 0 aliphatic heterocycles. The van der Waals surface area contributed by atoms with Gasteiger partial charge < -0.3 is 5.11 Å². The molecule has 1 aromatic rings. The Morgan fingerprint density at radius 3 is 2.92 bits per heavy atom. The summed E-state index contributed by atoms with van der Waals surface area (Å²) in [6.45, 7) is 2.03. The van der Waals surface area contributed by atoms with Gasteiger partial charge in [-0.3, -0.25) is 4.98 Å². The van der Waals surface area contributed by atoms with Gasteiger partial charge in [-0.25, -0.2) is 0 Å². The largest absolute Gasteiger partial charge is 0.383 e. The highest BCUT2D eigenvalue weighted by atomic mass is 79.9. The van der Waals surface area contributed by atoms with E-state index in [1.807, 2.05) is 19.1 Å². The van der Waals surface area contributed by atoms with Gasteiger partial charge >= 0.3 is 0 Å². The van der Waals surface area contributed by atoms with Gasteiger partial charge in [0.25, 0.3) is 0 Å². The summed E-state index contributed by atoms with van der Waals surface area (Å²) in [5.74, 6) is 0.337. The van der Waals surface area contributed by atoms with Crippen LogP contribution in [-0.4, -0.2) is 10.1 Å². The molecular weight excluding hydrogens is 218 g/mol. The van der Waals surface area contributed by atoms with Crippen molar-refractivity contribution in [2.24, 2.45) is 5.92 Å². The second-order valence-electron chi connectivity index (χ2n) is 3.36. The lowest BCUT2D eigenvalue weighted by Crippen LogP contribution is -2.10. The van der Waals surface area contributed by atoms with Crippen LogP contribution in [0.2, 0.25) is 0 Å². The van der Waals surface area contributed by atoms with E-state index in [0.717, 1.165) is 16.6 Å². The summed E-state index contributed by atoms with van der Waals surface area (Å²) in [6.07, 6.45) is 2.53. The van der Waals surface area contributed by atoms with E-state index in [0.29, 0.717) is 5.92 Å². The predicted octanol–water partition coefficient (Wildman–Crippen LogP) is 2.07. The summed E-state index contributed by atoms with van der Waals surface area (Å²) in [6, 6.07) is 3.76. The van der Waals surface area contributed by atoms with Crippen molar-refractivity contribution in [1.82, 2.24) is 4.98 Å². The highest BCUT2D eigenvalue weighted by Gasteiger charge is 2.53. The molecule has 1 aliphatic rings. The normalized spacial score (nSPS) is 33.4. The molecule has 1 aromatic heterocycles. The molecule has 1 fully saturated rings. The first-order chi connectivity index (χ1) is 5.64.